The van der Waals surface area contributed by atoms with Gasteiger partial charge in [-0.25, -0.2) is 4.98 Å². The van der Waals surface area contributed by atoms with Crippen LogP contribution in [0.1, 0.15) is 63.8 Å². The van der Waals surface area contributed by atoms with E-state index in [9.17, 15) is 0 Å². The fourth-order valence-corrected chi connectivity index (χ4v) is 10.7. The highest BCUT2D eigenvalue weighted by atomic mass is 15.1. The first-order valence-electron chi connectivity index (χ1n) is 20.5. The van der Waals surface area contributed by atoms with Crippen LogP contribution in [0.2, 0.25) is 0 Å². The lowest BCUT2D eigenvalue weighted by molar-refractivity contribution is 0.590. The van der Waals surface area contributed by atoms with E-state index in [0.29, 0.717) is 0 Å². The van der Waals surface area contributed by atoms with E-state index in [-0.39, 0.29) is 17.7 Å². The van der Waals surface area contributed by atoms with Crippen molar-refractivity contribution in [1.82, 2.24) is 14.0 Å². The number of hydrogen-bond acceptors (Lipinski definition) is 1. The Balaban J connectivity index is 1.35. The Labute approximate surface area is 333 Å². The minimum atomic E-state index is -0.0671. The molecular weight excluding hydrogens is 689 g/mol. The van der Waals surface area contributed by atoms with E-state index in [4.69, 9.17) is 4.98 Å². The molecule has 4 heteroatoms. The summed E-state index contributed by atoms with van der Waals surface area (Å²) < 4.78 is 5.23. The fraction of sp³-hybridized carbons (Fsp3) is 0.189. The van der Waals surface area contributed by atoms with Crippen LogP contribution in [0.3, 0.4) is 0 Å². The molecule has 2 aliphatic rings. The summed E-state index contributed by atoms with van der Waals surface area (Å²) in [5, 5.41) is 9.05. The smallest absolute Gasteiger partial charge is 0.334 e. The van der Waals surface area contributed by atoms with Crippen molar-refractivity contribution in [3.05, 3.63) is 144 Å². The molecule has 2 aliphatic heterocycles. The third-order valence-electron chi connectivity index (χ3n) is 13.4. The zero-order valence-electron chi connectivity index (χ0n) is 34.0. The van der Waals surface area contributed by atoms with Crippen molar-refractivity contribution in [2.75, 3.05) is 0 Å². The molecule has 0 fully saturated rings. The van der Waals surface area contributed by atoms with Crippen molar-refractivity contribution in [2.24, 2.45) is 0 Å². The fourth-order valence-electron chi connectivity index (χ4n) is 10.7. The van der Waals surface area contributed by atoms with Gasteiger partial charge in [0.15, 0.2) is 0 Å². The highest BCUT2D eigenvalue weighted by molar-refractivity contribution is 6.90. The Morgan fingerprint density at radius 1 is 0.544 bits per heavy atom. The molecular formula is C53H44BN3. The van der Waals surface area contributed by atoms with Gasteiger partial charge in [-0.15, -0.1) is 0 Å². The van der Waals surface area contributed by atoms with Gasteiger partial charge in [-0.2, -0.15) is 0 Å². The van der Waals surface area contributed by atoms with Crippen LogP contribution in [-0.4, -0.2) is 20.9 Å². The van der Waals surface area contributed by atoms with Crippen molar-refractivity contribution in [1.29, 1.82) is 0 Å². The van der Waals surface area contributed by atoms with Gasteiger partial charge in [-0.05, 0) is 133 Å². The van der Waals surface area contributed by atoms with Crippen molar-refractivity contribution < 1.29 is 0 Å². The number of rotatable bonds is 1. The van der Waals surface area contributed by atoms with Gasteiger partial charge in [0, 0.05) is 38.1 Å². The number of benzene rings is 7. The van der Waals surface area contributed by atoms with Crippen molar-refractivity contribution >= 4 is 83.1 Å². The molecule has 3 nitrogen and oxygen atoms in total. The summed E-state index contributed by atoms with van der Waals surface area (Å²) in [7, 11) is 0. The van der Waals surface area contributed by atoms with Crippen LogP contribution in [0.25, 0.3) is 93.4 Å². The van der Waals surface area contributed by atoms with E-state index in [0.717, 1.165) is 11.3 Å². The average molecular weight is 734 g/mol. The molecule has 274 valence electrons. The second kappa shape index (κ2) is 10.8. The lowest BCUT2D eigenvalue weighted by atomic mass is 9.45. The molecule has 0 bridgehead atoms. The first kappa shape index (κ1) is 33.1. The Morgan fingerprint density at radius 3 is 2.02 bits per heavy atom. The Hall–Kier alpha value is -6.13. The number of fused-ring (bicyclic) bond motifs is 15. The van der Waals surface area contributed by atoms with Gasteiger partial charge in [0.25, 0.3) is 0 Å². The number of pyridine rings is 1. The molecule has 0 amide bonds. The summed E-state index contributed by atoms with van der Waals surface area (Å²) in [5.74, 6) is 1.03. The lowest BCUT2D eigenvalue weighted by Crippen LogP contribution is -2.55. The predicted molar refractivity (Wildman–Crippen MR) is 245 cm³/mol. The second-order valence-corrected chi connectivity index (χ2v) is 18.9. The third-order valence-corrected chi connectivity index (χ3v) is 13.4. The Kier molecular flexibility index (Phi) is 6.28. The number of hydrogen-bond donors (Lipinski definition) is 0. The molecule has 10 aromatic rings. The highest BCUT2D eigenvalue weighted by Gasteiger charge is 2.44. The normalized spacial score (nSPS) is 13.6. The molecule has 7 aromatic carbocycles. The molecule has 0 N–H and O–H groups in total. The van der Waals surface area contributed by atoms with Gasteiger partial charge in [0.2, 0.25) is 0 Å². The maximum absolute atomic E-state index is 5.63. The molecule has 0 saturated heterocycles. The monoisotopic (exact) mass is 733 g/mol. The molecule has 0 radical (unpaired) electrons. The van der Waals surface area contributed by atoms with E-state index in [2.05, 4.69) is 186 Å². The molecule has 5 heterocycles. The van der Waals surface area contributed by atoms with Crippen LogP contribution in [0.5, 0.6) is 0 Å². The topological polar surface area (TPSA) is 22.8 Å². The minimum absolute atomic E-state index is 0.0233. The average Bonchev–Trinajstić information content (AvgIpc) is 3.70. The summed E-state index contributed by atoms with van der Waals surface area (Å²) >= 11 is 0. The highest BCUT2D eigenvalue weighted by Crippen LogP contribution is 2.49. The van der Waals surface area contributed by atoms with E-state index < -0.39 is 0 Å². The molecule has 12 rings (SSSR count). The van der Waals surface area contributed by atoms with E-state index in [1.54, 1.807) is 0 Å². The third kappa shape index (κ3) is 4.26. The Bertz CT molecular complexity index is 3430. The SMILES string of the molecule is Cc1cccc(C)c1-c1ccc2c(c1)c1c3ccccc3c3c4c1n2-c1nc2ccccc2cc1B4n1c2ccc(C(C)(C)C)cc2c2cc(C(C)(C)C)cc-3c21. The van der Waals surface area contributed by atoms with Crippen molar-refractivity contribution in [2.45, 2.75) is 66.2 Å². The van der Waals surface area contributed by atoms with Gasteiger partial charge in [0.1, 0.15) is 5.82 Å². The first-order valence-corrected chi connectivity index (χ1v) is 20.5. The minimum Gasteiger partial charge on any atom is -0.375 e. The molecule has 57 heavy (non-hydrogen) atoms. The first-order chi connectivity index (χ1) is 27.4. The van der Waals surface area contributed by atoms with Crippen LogP contribution in [-0.2, 0) is 10.8 Å². The predicted octanol–water partition coefficient (Wildman–Crippen LogP) is 12.4. The molecule has 0 aliphatic carbocycles. The van der Waals surface area contributed by atoms with Gasteiger partial charge < -0.3 is 4.48 Å². The lowest BCUT2D eigenvalue weighted by Gasteiger charge is -2.34. The van der Waals surface area contributed by atoms with Crippen LogP contribution < -0.4 is 10.9 Å². The summed E-state index contributed by atoms with van der Waals surface area (Å²) in [6.45, 7) is 18.5. The number of para-hydroxylation sites is 1. The maximum Gasteiger partial charge on any atom is 0.334 e. The summed E-state index contributed by atoms with van der Waals surface area (Å²) in [6, 6.07) is 46.4. The standard InChI is InChI=1S/C53H44BN3/c1-29-14-13-15-30(2)45(29)32-20-22-43-39(24-32)47-36-18-11-10-17-35(36)46-40-28-34(53(6,7)8)27-38-37-26-33(52(3,4)5)21-23-44(37)57(49(38)40)54-41-25-31-16-9-12-19-42(31)55-51(41)56(43)50(47)48(46)54/h9-28H,1-8H3. The number of nitrogens with zero attached hydrogens (tertiary/aromatic N) is 3. The van der Waals surface area contributed by atoms with E-state index >= 15 is 0 Å². The maximum atomic E-state index is 5.63. The Morgan fingerprint density at radius 2 is 1.25 bits per heavy atom. The number of aromatic nitrogens is 3. The number of aryl methyl sites for hydroxylation is 2. The van der Waals surface area contributed by atoms with Crippen molar-refractivity contribution in [3.8, 4) is 28.1 Å². The quantitative estimate of drug-likeness (QED) is 0.154. The summed E-state index contributed by atoms with van der Waals surface area (Å²) in [6.07, 6.45) is 0. The van der Waals surface area contributed by atoms with Crippen molar-refractivity contribution in [3.63, 3.8) is 0 Å². The van der Waals surface area contributed by atoms with Gasteiger partial charge >= 0.3 is 6.85 Å². The molecule has 0 unspecified atom stereocenters. The molecule has 0 atom stereocenters. The van der Waals surface area contributed by atoms with E-state index in [1.165, 1.54) is 115 Å². The second-order valence-electron chi connectivity index (χ2n) is 18.9. The largest absolute Gasteiger partial charge is 0.375 e. The van der Waals surface area contributed by atoms with Crippen LogP contribution >= 0.6 is 0 Å². The van der Waals surface area contributed by atoms with Gasteiger partial charge in [-0.1, -0.05) is 120 Å². The molecule has 0 saturated carbocycles. The zero-order chi connectivity index (χ0) is 38.9. The molecule has 3 aromatic heterocycles. The van der Waals surface area contributed by atoms with Crippen LogP contribution in [0, 0.1) is 13.8 Å². The van der Waals surface area contributed by atoms with Gasteiger partial charge in [-0.3, -0.25) is 4.57 Å². The van der Waals surface area contributed by atoms with E-state index in [1.807, 2.05) is 0 Å². The van der Waals surface area contributed by atoms with Gasteiger partial charge in [0.05, 0.1) is 16.6 Å². The van der Waals surface area contributed by atoms with Crippen LogP contribution in [0.4, 0.5) is 0 Å². The summed E-state index contributed by atoms with van der Waals surface area (Å²) in [4.78, 5) is 5.63. The summed E-state index contributed by atoms with van der Waals surface area (Å²) in [5.41, 5.74) is 19.3. The zero-order valence-corrected chi connectivity index (χ0v) is 34.0. The molecule has 0 spiro atoms. The van der Waals surface area contributed by atoms with Crippen LogP contribution in [0.15, 0.2) is 121 Å².